The molecule has 3 rings (SSSR count). The van der Waals surface area contributed by atoms with Crippen LogP contribution in [0.25, 0.3) is 0 Å². The first-order valence-corrected chi connectivity index (χ1v) is 9.03. The van der Waals surface area contributed by atoms with Gasteiger partial charge in [-0.15, -0.1) is 0 Å². The Morgan fingerprint density at radius 2 is 1.71 bits per heavy atom. The molecule has 0 fully saturated rings. The van der Waals surface area contributed by atoms with E-state index in [1.165, 1.54) is 0 Å². The van der Waals surface area contributed by atoms with Gasteiger partial charge in [0.25, 0.3) is 5.91 Å². The van der Waals surface area contributed by atoms with Crippen LogP contribution in [-0.4, -0.2) is 18.5 Å². The van der Waals surface area contributed by atoms with Crippen LogP contribution >= 0.6 is 0 Å². The molecule has 0 radical (unpaired) electrons. The fourth-order valence-corrected chi connectivity index (χ4v) is 2.97. The van der Waals surface area contributed by atoms with Crippen LogP contribution in [0.2, 0.25) is 0 Å². The largest absolute Gasteiger partial charge is 0.462 e. The summed E-state index contributed by atoms with van der Waals surface area (Å²) in [5, 5.41) is 9.08. The van der Waals surface area contributed by atoms with Crippen LogP contribution < -0.4 is 16.0 Å². The number of carbonyl (C=O) groups is 2. The Bertz CT molecular complexity index is 992. The van der Waals surface area contributed by atoms with Gasteiger partial charge >= 0.3 is 5.97 Å². The van der Waals surface area contributed by atoms with E-state index in [0.717, 1.165) is 16.8 Å². The van der Waals surface area contributed by atoms with E-state index in [9.17, 15) is 9.59 Å². The number of hydrogen-bond acceptors (Lipinski definition) is 5. The van der Waals surface area contributed by atoms with Gasteiger partial charge in [0.05, 0.1) is 18.0 Å². The zero-order valence-corrected chi connectivity index (χ0v) is 16.2. The topological polar surface area (TPSA) is 79.5 Å². The molecule has 6 nitrogen and oxygen atoms in total. The van der Waals surface area contributed by atoms with E-state index in [1.54, 1.807) is 13.0 Å². The number of hydrogen-bond donors (Lipinski definition) is 3. The fraction of sp³-hybridized carbons (Fsp3) is 0.182. The highest BCUT2D eigenvalue weighted by Crippen LogP contribution is 2.30. The third-order valence-corrected chi connectivity index (χ3v) is 4.59. The number of fused-ring (bicyclic) bond motifs is 1. The van der Waals surface area contributed by atoms with Crippen molar-refractivity contribution in [2.45, 2.75) is 20.8 Å². The van der Waals surface area contributed by atoms with Crippen molar-refractivity contribution in [3.63, 3.8) is 0 Å². The van der Waals surface area contributed by atoms with Gasteiger partial charge in [-0.2, -0.15) is 0 Å². The fourth-order valence-electron chi connectivity index (χ4n) is 2.97. The average Bonchev–Trinajstić information content (AvgIpc) is 2.79. The predicted molar refractivity (Wildman–Crippen MR) is 110 cm³/mol. The third kappa shape index (κ3) is 3.76. The van der Waals surface area contributed by atoms with Crippen LogP contribution in [0.3, 0.4) is 0 Å². The van der Waals surface area contributed by atoms with E-state index < -0.39 is 5.97 Å². The molecule has 144 valence electrons. The summed E-state index contributed by atoms with van der Waals surface area (Å²) in [6.45, 7) is 9.73. The molecule has 0 aliphatic carbocycles. The molecule has 0 saturated carbocycles. The molecule has 0 bridgehead atoms. The lowest BCUT2D eigenvalue weighted by molar-refractivity contribution is -0.138. The summed E-state index contributed by atoms with van der Waals surface area (Å²) in [4.78, 5) is 25.5. The first-order valence-electron chi connectivity index (χ1n) is 9.03. The van der Waals surface area contributed by atoms with Crippen LogP contribution in [0.1, 0.15) is 28.4 Å². The summed E-state index contributed by atoms with van der Waals surface area (Å²) in [6.07, 6.45) is 0. The lowest BCUT2D eigenvalue weighted by Crippen LogP contribution is -2.31. The number of nitrogens with one attached hydrogen (secondary N) is 3. The zero-order chi connectivity index (χ0) is 20.3. The molecular weight excluding hydrogens is 354 g/mol. The van der Waals surface area contributed by atoms with Gasteiger partial charge in [0.2, 0.25) is 0 Å². The van der Waals surface area contributed by atoms with Gasteiger partial charge in [0.15, 0.2) is 0 Å². The van der Waals surface area contributed by atoms with Crippen molar-refractivity contribution in [2.75, 3.05) is 17.2 Å². The van der Waals surface area contributed by atoms with Gasteiger partial charge in [-0.3, -0.25) is 4.79 Å². The molecule has 2 aromatic rings. The maximum Gasteiger partial charge on any atom is 0.343 e. The van der Waals surface area contributed by atoms with E-state index in [1.807, 2.05) is 50.2 Å². The lowest BCUT2D eigenvalue weighted by atomic mass is 10.0. The minimum Gasteiger partial charge on any atom is -0.462 e. The van der Waals surface area contributed by atoms with Gasteiger partial charge in [-0.05, 0) is 50.1 Å². The molecule has 3 N–H and O–H groups in total. The molecule has 28 heavy (non-hydrogen) atoms. The molecule has 0 atom stereocenters. The van der Waals surface area contributed by atoms with E-state index in [2.05, 4.69) is 22.5 Å². The summed E-state index contributed by atoms with van der Waals surface area (Å²) in [5.74, 6) is -0.666. The van der Waals surface area contributed by atoms with E-state index in [4.69, 9.17) is 4.74 Å². The number of aryl methyl sites for hydroxylation is 1. The Morgan fingerprint density at radius 3 is 2.39 bits per heavy atom. The van der Waals surface area contributed by atoms with Crippen molar-refractivity contribution in [1.29, 1.82) is 0 Å². The first-order chi connectivity index (χ1) is 13.4. The summed E-state index contributed by atoms with van der Waals surface area (Å²) in [5.41, 5.74) is 4.36. The van der Waals surface area contributed by atoms with Gasteiger partial charge in [-0.1, -0.05) is 30.8 Å². The highest BCUT2D eigenvalue weighted by molar-refractivity contribution is 6.02. The Morgan fingerprint density at radius 1 is 1.04 bits per heavy atom. The maximum absolute atomic E-state index is 13.0. The number of amides is 1. The van der Waals surface area contributed by atoms with Crippen LogP contribution in [0.15, 0.2) is 66.1 Å². The molecule has 6 heteroatoms. The number of benzene rings is 2. The van der Waals surface area contributed by atoms with E-state index in [0.29, 0.717) is 16.9 Å². The monoisotopic (exact) mass is 377 g/mol. The predicted octanol–water partition coefficient (Wildman–Crippen LogP) is 3.86. The van der Waals surface area contributed by atoms with Crippen LogP contribution in [0.5, 0.6) is 0 Å². The van der Waals surface area contributed by atoms with Crippen molar-refractivity contribution >= 4 is 23.3 Å². The number of esters is 1. The van der Waals surface area contributed by atoms with Crippen molar-refractivity contribution < 1.29 is 14.3 Å². The van der Waals surface area contributed by atoms with E-state index in [-0.39, 0.29) is 23.9 Å². The second-order valence-corrected chi connectivity index (χ2v) is 6.45. The highest BCUT2D eigenvalue weighted by atomic mass is 16.5. The Labute approximate surface area is 164 Å². The Kier molecular flexibility index (Phi) is 5.49. The summed E-state index contributed by atoms with van der Waals surface area (Å²) in [7, 11) is 0. The van der Waals surface area contributed by atoms with Gasteiger partial charge in [-0.25, -0.2) is 4.79 Å². The van der Waals surface area contributed by atoms with Crippen molar-refractivity contribution in [1.82, 2.24) is 5.32 Å². The normalized spacial score (nSPS) is 13.0. The number of para-hydroxylation sites is 2. The molecule has 0 unspecified atom stereocenters. The molecule has 2 aromatic carbocycles. The second-order valence-electron chi connectivity index (χ2n) is 6.45. The van der Waals surface area contributed by atoms with Crippen LogP contribution in [0, 0.1) is 13.8 Å². The lowest BCUT2D eigenvalue weighted by Gasteiger charge is -2.16. The molecule has 1 heterocycles. The summed E-state index contributed by atoms with van der Waals surface area (Å²) < 4.78 is 5.18. The Hall–Kier alpha value is -3.54. The summed E-state index contributed by atoms with van der Waals surface area (Å²) in [6, 6.07) is 12.9. The molecule has 0 spiro atoms. The summed E-state index contributed by atoms with van der Waals surface area (Å²) >= 11 is 0. The van der Waals surface area contributed by atoms with Gasteiger partial charge in [0, 0.05) is 11.3 Å². The van der Waals surface area contributed by atoms with Gasteiger partial charge < -0.3 is 20.7 Å². The Balaban J connectivity index is 2.04. The molecule has 0 aromatic heterocycles. The SMILES string of the molecule is C=C1Nc2ccccc2NC(NC(=O)c2cccc(C)c2C)=C1C(=O)OCC. The highest BCUT2D eigenvalue weighted by Gasteiger charge is 2.26. The number of rotatable bonds is 4. The van der Waals surface area contributed by atoms with E-state index >= 15 is 0 Å². The molecule has 0 saturated heterocycles. The number of ether oxygens (including phenoxy) is 1. The van der Waals surface area contributed by atoms with Crippen molar-refractivity contribution in [2.24, 2.45) is 0 Å². The molecule has 1 aliphatic heterocycles. The molecular formula is C22H23N3O3. The van der Waals surface area contributed by atoms with Crippen LogP contribution in [-0.2, 0) is 9.53 Å². The standard InChI is InChI=1S/C22H23N3O3/c1-5-28-22(27)19-15(4)23-17-11-6-7-12-18(17)24-20(19)25-21(26)16-10-8-9-13(2)14(16)3/h6-12,23-24H,4-5H2,1-3H3,(H,25,26). The second kappa shape index (κ2) is 8.00. The number of anilines is 2. The zero-order valence-electron chi connectivity index (χ0n) is 16.2. The first kappa shape index (κ1) is 19.2. The minimum atomic E-state index is -0.573. The van der Waals surface area contributed by atoms with Crippen molar-refractivity contribution in [3.8, 4) is 0 Å². The minimum absolute atomic E-state index is 0.150. The maximum atomic E-state index is 13.0. The quantitative estimate of drug-likeness (QED) is 0.705. The smallest absolute Gasteiger partial charge is 0.343 e. The average molecular weight is 377 g/mol. The molecule has 1 amide bonds. The van der Waals surface area contributed by atoms with Gasteiger partial charge in [0.1, 0.15) is 11.4 Å². The van der Waals surface area contributed by atoms with Crippen LogP contribution in [0.4, 0.5) is 11.4 Å². The third-order valence-electron chi connectivity index (χ3n) is 4.59. The number of carbonyl (C=O) groups excluding carboxylic acids is 2. The molecule has 1 aliphatic rings. The van der Waals surface area contributed by atoms with Crippen molar-refractivity contribution in [3.05, 3.63) is 82.8 Å².